The van der Waals surface area contributed by atoms with Crippen molar-refractivity contribution in [3.63, 3.8) is 0 Å². The minimum atomic E-state index is -3.40. The van der Waals surface area contributed by atoms with Gasteiger partial charge in [-0.15, -0.1) is 11.3 Å². The van der Waals surface area contributed by atoms with E-state index in [0.29, 0.717) is 24.0 Å². The molecule has 2 aromatic heterocycles. The van der Waals surface area contributed by atoms with Crippen LogP contribution in [0.1, 0.15) is 23.3 Å². The third-order valence-electron chi connectivity index (χ3n) is 3.41. The third kappa shape index (κ3) is 4.14. The van der Waals surface area contributed by atoms with Crippen molar-refractivity contribution in [3.05, 3.63) is 38.7 Å². The Morgan fingerprint density at radius 2 is 2.10 bits per heavy atom. The molecule has 0 saturated heterocycles. The molecule has 0 amide bonds. The number of sulfonamides is 1. The molecule has 2 heterocycles. The summed E-state index contributed by atoms with van der Waals surface area (Å²) in [5.41, 5.74) is 1.17. The van der Waals surface area contributed by atoms with E-state index >= 15 is 0 Å². The van der Waals surface area contributed by atoms with Gasteiger partial charge in [0.25, 0.3) is 0 Å². The second-order valence-electron chi connectivity index (χ2n) is 5.14. The molecule has 0 radical (unpaired) electrons. The van der Waals surface area contributed by atoms with E-state index in [-0.39, 0.29) is 0 Å². The maximum atomic E-state index is 12.4. The van der Waals surface area contributed by atoms with Crippen LogP contribution in [-0.4, -0.2) is 21.0 Å². The summed E-state index contributed by atoms with van der Waals surface area (Å²) in [7, 11) is -3.40. The molecule has 0 aromatic carbocycles. The van der Waals surface area contributed by atoms with Crippen molar-refractivity contribution in [2.24, 2.45) is 0 Å². The van der Waals surface area contributed by atoms with Crippen molar-refractivity contribution in [1.29, 1.82) is 0 Å². The number of nitrogens with one attached hydrogen (secondary N) is 2. The molecule has 7 heteroatoms. The largest absolute Gasteiger partial charge is 0.309 e. The van der Waals surface area contributed by atoms with E-state index in [2.05, 4.69) is 10.0 Å². The second-order valence-corrected chi connectivity index (χ2v) is 8.66. The predicted octanol–water partition coefficient (Wildman–Crippen LogP) is 2.58. The first-order valence-electron chi connectivity index (χ1n) is 6.95. The van der Waals surface area contributed by atoms with Crippen LogP contribution in [0.15, 0.2) is 33.2 Å². The molecule has 2 aromatic rings. The standard InChI is InChI=1S/C14H18N2O2S3/c17-21(18,16-6-3-11-4-7-19-10-11)14-5-8-20-13(14)9-15-12-1-2-12/h4-5,7-8,10,12,15-16H,1-3,6,9H2. The average molecular weight is 343 g/mol. The van der Waals surface area contributed by atoms with Crippen LogP contribution in [0.4, 0.5) is 0 Å². The second kappa shape index (κ2) is 6.58. The van der Waals surface area contributed by atoms with E-state index in [1.165, 1.54) is 29.7 Å². The molecule has 21 heavy (non-hydrogen) atoms. The molecule has 0 unspecified atom stereocenters. The van der Waals surface area contributed by atoms with E-state index in [4.69, 9.17) is 0 Å². The highest BCUT2D eigenvalue weighted by molar-refractivity contribution is 7.89. The van der Waals surface area contributed by atoms with Crippen molar-refractivity contribution in [2.45, 2.75) is 36.7 Å². The summed E-state index contributed by atoms with van der Waals surface area (Å²) in [5.74, 6) is 0. The first kappa shape index (κ1) is 15.2. The lowest BCUT2D eigenvalue weighted by atomic mass is 10.2. The van der Waals surface area contributed by atoms with Gasteiger partial charge >= 0.3 is 0 Å². The lowest BCUT2D eigenvalue weighted by molar-refractivity contribution is 0.579. The van der Waals surface area contributed by atoms with Crippen LogP contribution in [0.5, 0.6) is 0 Å². The van der Waals surface area contributed by atoms with Gasteiger partial charge in [0, 0.05) is 24.0 Å². The lowest BCUT2D eigenvalue weighted by Crippen LogP contribution is -2.27. The summed E-state index contributed by atoms with van der Waals surface area (Å²) in [4.78, 5) is 1.32. The fraction of sp³-hybridized carbons (Fsp3) is 0.429. The normalized spacial score (nSPS) is 15.4. The van der Waals surface area contributed by atoms with E-state index in [1.807, 2.05) is 22.2 Å². The van der Waals surface area contributed by atoms with Gasteiger partial charge in [0.05, 0.1) is 4.90 Å². The molecule has 1 aliphatic carbocycles. The summed E-state index contributed by atoms with van der Waals surface area (Å²) in [5, 5.41) is 9.26. The topological polar surface area (TPSA) is 58.2 Å². The minimum Gasteiger partial charge on any atom is -0.309 e. The molecule has 114 valence electrons. The summed E-state index contributed by atoms with van der Waals surface area (Å²) >= 11 is 3.13. The Morgan fingerprint density at radius 1 is 1.24 bits per heavy atom. The zero-order valence-electron chi connectivity index (χ0n) is 11.5. The molecule has 0 bridgehead atoms. The monoisotopic (exact) mass is 342 g/mol. The van der Waals surface area contributed by atoms with Crippen LogP contribution in [0.25, 0.3) is 0 Å². The Morgan fingerprint density at radius 3 is 2.81 bits per heavy atom. The molecule has 4 nitrogen and oxygen atoms in total. The first-order valence-corrected chi connectivity index (χ1v) is 10.3. The Kier molecular flexibility index (Phi) is 4.75. The smallest absolute Gasteiger partial charge is 0.241 e. The average Bonchev–Trinajstić information content (AvgIpc) is 2.93. The van der Waals surface area contributed by atoms with E-state index in [9.17, 15) is 8.42 Å². The van der Waals surface area contributed by atoms with Gasteiger partial charge in [-0.05, 0) is 53.1 Å². The summed E-state index contributed by atoms with van der Waals surface area (Å²) in [6, 6.07) is 4.30. The third-order valence-corrected chi connectivity index (χ3v) is 6.74. The summed E-state index contributed by atoms with van der Waals surface area (Å²) in [6.07, 6.45) is 3.13. The van der Waals surface area contributed by atoms with Gasteiger partial charge in [0.15, 0.2) is 0 Å². The van der Waals surface area contributed by atoms with Gasteiger partial charge in [-0.3, -0.25) is 0 Å². The Labute approximate surface area is 133 Å². The van der Waals surface area contributed by atoms with Crippen molar-refractivity contribution in [3.8, 4) is 0 Å². The fourth-order valence-corrected chi connectivity index (χ4v) is 5.19. The quantitative estimate of drug-likeness (QED) is 0.775. The molecule has 2 N–H and O–H groups in total. The number of hydrogen-bond donors (Lipinski definition) is 2. The van der Waals surface area contributed by atoms with Gasteiger partial charge < -0.3 is 5.32 Å². The predicted molar refractivity (Wildman–Crippen MR) is 87.4 cm³/mol. The first-order chi connectivity index (χ1) is 10.1. The Hall–Kier alpha value is -0.730. The minimum absolute atomic E-state index is 0.422. The SMILES string of the molecule is O=S(=O)(NCCc1ccsc1)c1ccsc1CNC1CC1. The highest BCUT2D eigenvalue weighted by Crippen LogP contribution is 2.24. The van der Waals surface area contributed by atoms with Crippen LogP contribution >= 0.6 is 22.7 Å². The zero-order chi connectivity index (χ0) is 14.7. The summed E-state index contributed by atoms with van der Waals surface area (Å²) < 4.78 is 27.4. The molecule has 1 saturated carbocycles. The molecule has 3 rings (SSSR count). The highest BCUT2D eigenvalue weighted by Gasteiger charge is 2.23. The van der Waals surface area contributed by atoms with Gasteiger partial charge in [-0.2, -0.15) is 11.3 Å². The number of hydrogen-bond acceptors (Lipinski definition) is 5. The Balaban J connectivity index is 1.59. The fourth-order valence-electron chi connectivity index (χ4n) is 2.06. The van der Waals surface area contributed by atoms with Crippen LogP contribution in [0.2, 0.25) is 0 Å². The number of rotatable bonds is 8. The maximum absolute atomic E-state index is 12.4. The molecule has 0 aliphatic heterocycles. The van der Waals surface area contributed by atoms with E-state index in [1.54, 1.807) is 17.4 Å². The molecule has 1 fully saturated rings. The summed E-state index contributed by atoms with van der Waals surface area (Å²) in [6.45, 7) is 1.08. The van der Waals surface area contributed by atoms with Crippen molar-refractivity contribution in [2.75, 3.05) is 6.54 Å². The van der Waals surface area contributed by atoms with Crippen LogP contribution < -0.4 is 10.0 Å². The molecular weight excluding hydrogens is 324 g/mol. The van der Waals surface area contributed by atoms with Gasteiger partial charge in [0.2, 0.25) is 10.0 Å². The lowest BCUT2D eigenvalue weighted by Gasteiger charge is -2.08. The van der Waals surface area contributed by atoms with Gasteiger partial charge in [-0.25, -0.2) is 13.1 Å². The zero-order valence-corrected chi connectivity index (χ0v) is 14.0. The van der Waals surface area contributed by atoms with Gasteiger partial charge in [0.1, 0.15) is 0 Å². The highest BCUT2D eigenvalue weighted by atomic mass is 32.2. The van der Waals surface area contributed by atoms with Crippen molar-refractivity contribution >= 4 is 32.7 Å². The molecule has 0 atom stereocenters. The van der Waals surface area contributed by atoms with Crippen LogP contribution in [-0.2, 0) is 23.0 Å². The van der Waals surface area contributed by atoms with Crippen LogP contribution in [0.3, 0.4) is 0 Å². The van der Waals surface area contributed by atoms with E-state index in [0.717, 1.165) is 11.3 Å². The molecule has 1 aliphatic rings. The van der Waals surface area contributed by atoms with Crippen molar-refractivity contribution in [1.82, 2.24) is 10.0 Å². The van der Waals surface area contributed by atoms with Gasteiger partial charge in [-0.1, -0.05) is 0 Å². The van der Waals surface area contributed by atoms with Crippen molar-refractivity contribution < 1.29 is 8.42 Å². The number of thiophene rings is 2. The Bertz CT molecular complexity index is 673. The van der Waals surface area contributed by atoms with E-state index < -0.39 is 10.0 Å². The van der Waals surface area contributed by atoms with Crippen LogP contribution in [0, 0.1) is 0 Å². The molecular formula is C14H18N2O2S3. The maximum Gasteiger partial charge on any atom is 0.241 e. The molecule has 0 spiro atoms.